The SMILES string of the molecule is CCN(CC)CCCCCNC1=CC(=O)C=CC1=O. The molecule has 4 heteroatoms. The highest BCUT2D eigenvalue weighted by atomic mass is 16.1. The molecule has 0 aromatic carbocycles. The van der Waals surface area contributed by atoms with Crippen molar-refractivity contribution in [3.8, 4) is 0 Å². The molecule has 0 aromatic rings. The number of hydrogen-bond acceptors (Lipinski definition) is 4. The van der Waals surface area contributed by atoms with E-state index in [0.29, 0.717) is 5.70 Å². The van der Waals surface area contributed by atoms with Crippen LogP contribution in [0.15, 0.2) is 23.9 Å². The van der Waals surface area contributed by atoms with Gasteiger partial charge in [0.15, 0.2) is 5.78 Å². The summed E-state index contributed by atoms with van der Waals surface area (Å²) in [5, 5.41) is 3.04. The maximum Gasteiger partial charge on any atom is 0.201 e. The smallest absolute Gasteiger partial charge is 0.201 e. The summed E-state index contributed by atoms with van der Waals surface area (Å²) in [6.45, 7) is 8.44. The summed E-state index contributed by atoms with van der Waals surface area (Å²) in [5.74, 6) is -0.230. The zero-order chi connectivity index (χ0) is 14.1. The van der Waals surface area contributed by atoms with Gasteiger partial charge in [0.25, 0.3) is 0 Å². The Morgan fingerprint density at radius 1 is 1.05 bits per heavy atom. The fourth-order valence-electron chi connectivity index (χ4n) is 2.05. The predicted molar refractivity (Wildman–Crippen MR) is 76.9 cm³/mol. The number of carbonyl (C=O) groups is 2. The van der Waals surface area contributed by atoms with E-state index in [1.807, 2.05) is 0 Å². The number of allylic oxidation sites excluding steroid dienone is 3. The van der Waals surface area contributed by atoms with Crippen molar-refractivity contribution in [2.45, 2.75) is 33.1 Å². The first kappa shape index (κ1) is 15.6. The van der Waals surface area contributed by atoms with Gasteiger partial charge in [-0.25, -0.2) is 0 Å². The Morgan fingerprint density at radius 3 is 2.47 bits per heavy atom. The van der Waals surface area contributed by atoms with Gasteiger partial charge >= 0.3 is 0 Å². The molecule has 106 valence electrons. The minimum absolute atomic E-state index is 0.109. The molecule has 0 unspecified atom stereocenters. The summed E-state index contributed by atoms with van der Waals surface area (Å²) in [6, 6.07) is 0. The standard InChI is InChI=1S/C15H24N2O2/c1-3-17(4-2)11-7-5-6-10-16-14-12-13(18)8-9-15(14)19/h8-9,12,16H,3-7,10-11H2,1-2H3. The highest BCUT2D eigenvalue weighted by Gasteiger charge is 2.11. The molecule has 0 saturated carbocycles. The molecule has 1 aliphatic carbocycles. The summed E-state index contributed by atoms with van der Waals surface area (Å²) in [4.78, 5) is 25.0. The van der Waals surface area contributed by atoms with E-state index in [-0.39, 0.29) is 11.6 Å². The van der Waals surface area contributed by atoms with Gasteiger partial charge < -0.3 is 10.2 Å². The third-order valence-electron chi connectivity index (χ3n) is 3.31. The molecule has 0 spiro atoms. The Labute approximate surface area is 115 Å². The van der Waals surface area contributed by atoms with Crippen molar-refractivity contribution in [3.63, 3.8) is 0 Å². The molecule has 0 heterocycles. The first-order valence-corrected chi connectivity index (χ1v) is 7.11. The molecular formula is C15H24N2O2. The number of unbranched alkanes of at least 4 members (excludes halogenated alkanes) is 2. The van der Waals surface area contributed by atoms with Crippen molar-refractivity contribution in [2.75, 3.05) is 26.2 Å². The van der Waals surface area contributed by atoms with Gasteiger partial charge in [-0.1, -0.05) is 20.3 Å². The lowest BCUT2D eigenvalue weighted by Gasteiger charge is -2.17. The van der Waals surface area contributed by atoms with Crippen LogP contribution in [0.3, 0.4) is 0 Å². The van der Waals surface area contributed by atoms with Crippen LogP contribution in [0.5, 0.6) is 0 Å². The quantitative estimate of drug-likeness (QED) is 0.508. The molecule has 1 rings (SSSR count). The van der Waals surface area contributed by atoms with Crippen LogP contribution < -0.4 is 5.32 Å². The Morgan fingerprint density at radius 2 is 1.79 bits per heavy atom. The second-order valence-corrected chi connectivity index (χ2v) is 4.67. The summed E-state index contributed by atoms with van der Waals surface area (Å²) in [6.07, 6.45) is 7.33. The van der Waals surface area contributed by atoms with Crippen molar-refractivity contribution in [2.24, 2.45) is 0 Å². The predicted octanol–water partition coefficient (Wildman–Crippen LogP) is 1.68. The molecule has 0 aliphatic heterocycles. The van der Waals surface area contributed by atoms with Crippen LogP contribution >= 0.6 is 0 Å². The van der Waals surface area contributed by atoms with Gasteiger partial charge in [0.2, 0.25) is 5.78 Å². The van der Waals surface area contributed by atoms with Gasteiger partial charge in [-0.2, -0.15) is 0 Å². The van der Waals surface area contributed by atoms with Crippen LogP contribution in [-0.4, -0.2) is 42.6 Å². The van der Waals surface area contributed by atoms with Gasteiger partial charge in [-0.15, -0.1) is 0 Å². The Hall–Kier alpha value is -1.42. The second kappa shape index (κ2) is 8.64. The average Bonchev–Trinajstić information content (AvgIpc) is 2.42. The molecule has 0 bridgehead atoms. The maximum atomic E-state index is 11.5. The highest BCUT2D eigenvalue weighted by Crippen LogP contribution is 2.03. The monoisotopic (exact) mass is 264 g/mol. The lowest BCUT2D eigenvalue weighted by molar-refractivity contribution is -0.114. The van der Waals surface area contributed by atoms with Gasteiger partial charge in [0, 0.05) is 12.6 Å². The lowest BCUT2D eigenvalue weighted by atomic mass is 10.1. The fraction of sp³-hybridized carbons (Fsp3) is 0.600. The van der Waals surface area contributed by atoms with Crippen molar-refractivity contribution >= 4 is 11.6 Å². The normalized spacial score (nSPS) is 15.0. The fourth-order valence-corrected chi connectivity index (χ4v) is 2.05. The number of hydrogen-bond donors (Lipinski definition) is 1. The zero-order valence-corrected chi connectivity index (χ0v) is 11.9. The number of rotatable bonds is 9. The Kier molecular flexibility index (Phi) is 7.11. The topological polar surface area (TPSA) is 49.4 Å². The Bertz CT molecular complexity index is 368. The minimum Gasteiger partial charge on any atom is -0.382 e. The maximum absolute atomic E-state index is 11.5. The van der Waals surface area contributed by atoms with Crippen LogP contribution in [0.1, 0.15) is 33.1 Å². The first-order valence-electron chi connectivity index (χ1n) is 7.11. The molecular weight excluding hydrogens is 240 g/mol. The molecule has 4 nitrogen and oxygen atoms in total. The summed E-state index contributed by atoms with van der Waals surface area (Å²) in [7, 11) is 0. The van der Waals surface area contributed by atoms with Gasteiger partial charge in [0.1, 0.15) is 0 Å². The molecule has 0 fully saturated rings. The van der Waals surface area contributed by atoms with E-state index in [0.717, 1.165) is 39.0 Å². The van der Waals surface area contributed by atoms with Gasteiger partial charge in [0.05, 0.1) is 5.70 Å². The van der Waals surface area contributed by atoms with E-state index >= 15 is 0 Å². The van der Waals surface area contributed by atoms with E-state index in [1.54, 1.807) is 0 Å². The summed E-state index contributed by atoms with van der Waals surface area (Å²) < 4.78 is 0. The number of nitrogens with one attached hydrogen (secondary N) is 1. The van der Waals surface area contributed by atoms with E-state index in [2.05, 4.69) is 24.1 Å². The third-order valence-corrected chi connectivity index (χ3v) is 3.31. The molecule has 0 aromatic heterocycles. The molecule has 19 heavy (non-hydrogen) atoms. The summed E-state index contributed by atoms with van der Waals surface area (Å²) in [5.41, 5.74) is 0.427. The Balaban J connectivity index is 2.11. The first-order chi connectivity index (χ1) is 9.17. The van der Waals surface area contributed by atoms with Crippen LogP contribution in [0, 0.1) is 0 Å². The van der Waals surface area contributed by atoms with Gasteiger partial charge in [-0.05, 0) is 44.6 Å². The molecule has 1 aliphatic rings. The zero-order valence-electron chi connectivity index (χ0n) is 11.9. The van der Waals surface area contributed by atoms with Crippen molar-refractivity contribution < 1.29 is 9.59 Å². The molecule has 0 atom stereocenters. The minimum atomic E-state index is -0.122. The van der Waals surface area contributed by atoms with Crippen LogP contribution in [0.4, 0.5) is 0 Å². The van der Waals surface area contributed by atoms with Crippen LogP contribution in [-0.2, 0) is 9.59 Å². The molecule has 0 amide bonds. The summed E-state index contributed by atoms with van der Waals surface area (Å²) >= 11 is 0. The molecule has 0 saturated heterocycles. The van der Waals surface area contributed by atoms with Gasteiger partial charge in [-0.3, -0.25) is 9.59 Å². The van der Waals surface area contributed by atoms with E-state index in [1.165, 1.54) is 24.6 Å². The van der Waals surface area contributed by atoms with Crippen molar-refractivity contribution in [3.05, 3.63) is 23.9 Å². The number of ketones is 2. The average molecular weight is 264 g/mol. The number of nitrogens with zero attached hydrogens (tertiary/aromatic N) is 1. The van der Waals surface area contributed by atoms with Crippen molar-refractivity contribution in [1.82, 2.24) is 10.2 Å². The molecule has 1 N–H and O–H groups in total. The van der Waals surface area contributed by atoms with E-state index in [9.17, 15) is 9.59 Å². The van der Waals surface area contributed by atoms with E-state index in [4.69, 9.17) is 0 Å². The number of carbonyl (C=O) groups excluding carboxylic acids is 2. The third kappa shape index (κ3) is 5.83. The van der Waals surface area contributed by atoms with Crippen LogP contribution in [0.2, 0.25) is 0 Å². The van der Waals surface area contributed by atoms with Crippen molar-refractivity contribution in [1.29, 1.82) is 0 Å². The largest absolute Gasteiger partial charge is 0.382 e. The van der Waals surface area contributed by atoms with Crippen LogP contribution in [0.25, 0.3) is 0 Å². The second-order valence-electron chi connectivity index (χ2n) is 4.67. The van der Waals surface area contributed by atoms with E-state index < -0.39 is 0 Å². The molecule has 0 radical (unpaired) electrons. The highest BCUT2D eigenvalue weighted by molar-refractivity contribution is 6.16. The lowest BCUT2D eigenvalue weighted by Crippen LogP contribution is -2.25.